The first-order valence-corrected chi connectivity index (χ1v) is 16.3. The number of allylic oxidation sites excluding steroid dienone is 3. The van der Waals surface area contributed by atoms with Crippen LogP contribution in [-0.2, 0) is 19.1 Å². The average Bonchev–Trinajstić information content (AvgIpc) is 3.50. The van der Waals surface area contributed by atoms with Crippen LogP contribution in [0.1, 0.15) is 97.6 Å². The summed E-state index contributed by atoms with van der Waals surface area (Å²) in [7, 11) is 1.62. The zero-order chi connectivity index (χ0) is 34.2. The molecule has 1 amide bonds. The summed E-state index contributed by atoms with van der Waals surface area (Å²) in [6.45, 7) is 15.9. The van der Waals surface area contributed by atoms with Crippen LogP contribution in [0.2, 0.25) is 0 Å². The van der Waals surface area contributed by atoms with E-state index in [0.29, 0.717) is 41.8 Å². The third kappa shape index (κ3) is 8.30. The monoisotopic (exact) mass is 634 g/mol. The number of aromatic hydroxyl groups is 1. The molecule has 46 heavy (non-hydrogen) atoms. The van der Waals surface area contributed by atoms with Crippen molar-refractivity contribution in [1.29, 1.82) is 0 Å². The first kappa shape index (κ1) is 36.2. The topological polar surface area (TPSA) is 114 Å². The molecule has 9 heteroatoms. The van der Waals surface area contributed by atoms with E-state index < -0.39 is 29.7 Å². The molecule has 0 bridgehead atoms. The molecule has 1 aliphatic carbocycles. The number of nitrogens with one attached hydrogen (secondary N) is 1. The standard InChI is InChI=1S/C33H38N2O7.2C2H6/c1-19-28(31(38)41-23-13-14-35(18-23)32(39)42-33(2,3)4)29(20-9-8-10-22(36)15-20)30-25(34-19)16-21(17-26(30)37)24-11-6-7-12-27(24)40-5;2*1-2/h6-12,15,21,23,29,34,36H,13-14,16-18H2,1-5H3;2*1-2H3/t21-,23-,29-;;/m1../s1. The number of ether oxygens (including phenoxy) is 3. The molecular weight excluding hydrogens is 584 g/mol. The Morgan fingerprint density at radius 1 is 1.00 bits per heavy atom. The Morgan fingerprint density at radius 2 is 1.70 bits per heavy atom. The Kier molecular flexibility index (Phi) is 12.5. The quantitative estimate of drug-likeness (QED) is 0.328. The number of benzene rings is 2. The van der Waals surface area contributed by atoms with E-state index in [-0.39, 0.29) is 30.4 Å². The second kappa shape index (κ2) is 15.8. The molecule has 2 aliphatic heterocycles. The SMILES string of the molecule is CC.CC.COc1ccccc1[C@H]1CC(=O)C2=C(C1)NC(C)=C(C(=O)O[C@@H]1CCN(C(=O)OC(C)(C)C)C1)[C@H]2c1cccc(O)c1. The van der Waals surface area contributed by atoms with E-state index in [1.807, 2.05) is 52.0 Å². The molecule has 0 saturated carbocycles. The predicted molar refractivity (Wildman–Crippen MR) is 179 cm³/mol. The molecule has 0 spiro atoms. The number of Topliss-reactive ketones (excluding diaryl/α,β-unsaturated/α-hetero) is 1. The number of carbonyl (C=O) groups excluding carboxylic acids is 3. The fraction of sp³-hybridized carbons (Fsp3) is 0.486. The minimum Gasteiger partial charge on any atom is -0.508 e. The van der Waals surface area contributed by atoms with Gasteiger partial charge in [0, 0.05) is 48.2 Å². The average molecular weight is 635 g/mol. The third-order valence-corrected chi connectivity index (χ3v) is 7.90. The number of para-hydroxylation sites is 1. The maximum absolute atomic E-state index is 13.9. The van der Waals surface area contributed by atoms with Crippen LogP contribution in [-0.4, -0.2) is 59.8 Å². The van der Waals surface area contributed by atoms with Gasteiger partial charge in [-0.25, -0.2) is 9.59 Å². The third-order valence-electron chi connectivity index (χ3n) is 7.90. The second-order valence-corrected chi connectivity index (χ2v) is 12.1. The number of amides is 1. The molecule has 3 aliphatic rings. The molecule has 0 unspecified atom stereocenters. The van der Waals surface area contributed by atoms with Crippen molar-refractivity contribution in [2.75, 3.05) is 20.2 Å². The summed E-state index contributed by atoms with van der Waals surface area (Å²) in [6.07, 6.45) is 0.340. The molecule has 250 valence electrons. The maximum atomic E-state index is 13.9. The van der Waals surface area contributed by atoms with Crippen LogP contribution in [0.4, 0.5) is 4.79 Å². The van der Waals surface area contributed by atoms with E-state index in [1.54, 1.807) is 64.0 Å². The van der Waals surface area contributed by atoms with Crippen LogP contribution >= 0.6 is 0 Å². The van der Waals surface area contributed by atoms with Crippen molar-refractivity contribution >= 4 is 17.8 Å². The summed E-state index contributed by atoms with van der Waals surface area (Å²) >= 11 is 0. The second-order valence-electron chi connectivity index (χ2n) is 12.1. The molecule has 3 atom stereocenters. The Bertz CT molecular complexity index is 1470. The Balaban J connectivity index is 0.00000139. The number of rotatable bonds is 5. The molecular formula is C37H50N2O7. The number of ketones is 1. The molecule has 0 radical (unpaired) electrons. The van der Waals surface area contributed by atoms with Gasteiger partial charge in [0.2, 0.25) is 0 Å². The molecule has 2 aromatic rings. The van der Waals surface area contributed by atoms with Gasteiger partial charge in [-0.2, -0.15) is 0 Å². The van der Waals surface area contributed by atoms with Crippen molar-refractivity contribution in [3.05, 3.63) is 82.2 Å². The van der Waals surface area contributed by atoms with Crippen molar-refractivity contribution < 1.29 is 33.7 Å². The minimum atomic E-state index is -0.713. The van der Waals surface area contributed by atoms with Crippen molar-refractivity contribution in [3.63, 3.8) is 0 Å². The number of hydrogen-bond acceptors (Lipinski definition) is 8. The summed E-state index contributed by atoms with van der Waals surface area (Å²) in [5, 5.41) is 13.7. The van der Waals surface area contributed by atoms with Gasteiger partial charge in [0.1, 0.15) is 23.2 Å². The number of phenols is 1. The largest absolute Gasteiger partial charge is 0.508 e. The number of phenolic OH excluding ortho intramolecular Hbond substituents is 1. The summed E-state index contributed by atoms with van der Waals surface area (Å²) in [6, 6.07) is 14.3. The summed E-state index contributed by atoms with van der Waals surface area (Å²) in [4.78, 5) is 41.8. The fourth-order valence-corrected chi connectivity index (χ4v) is 6.10. The highest BCUT2D eigenvalue weighted by atomic mass is 16.6. The first-order chi connectivity index (χ1) is 21.9. The minimum absolute atomic E-state index is 0.0394. The Hall–Kier alpha value is -4.27. The summed E-state index contributed by atoms with van der Waals surface area (Å²) in [5.41, 5.74) is 3.12. The van der Waals surface area contributed by atoms with Gasteiger partial charge in [0.05, 0.1) is 19.2 Å². The lowest BCUT2D eigenvalue weighted by atomic mass is 9.71. The highest BCUT2D eigenvalue weighted by Gasteiger charge is 2.43. The van der Waals surface area contributed by atoms with Crippen LogP contribution in [0, 0.1) is 0 Å². The van der Waals surface area contributed by atoms with E-state index in [9.17, 15) is 19.5 Å². The van der Waals surface area contributed by atoms with E-state index in [0.717, 1.165) is 17.0 Å². The predicted octanol–water partition coefficient (Wildman–Crippen LogP) is 7.37. The zero-order valence-electron chi connectivity index (χ0n) is 28.7. The molecule has 2 N–H and O–H groups in total. The lowest BCUT2D eigenvalue weighted by Gasteiger charge is -2.37. The van der Waals surface area contributed by atoms with Gasteiger partial charge in [0.25, 0.3) is 0 Å². The van der Waals surface area contributed by atoms with Crippen LogP contribution in [0.15, 0.2) is 71.1 Å². The number of carbonyl (C=O) groups is 3. The highest BCUT2D eigenvalue weighted by Crippen LogP contribution is 2.47. The maximum Gasteiger partial charge on any atom is 0.410 e. The summed E-state index contributed by atoms with van der Waals surface area (Å²) in [5.74, 6) is -0.678. The van der Waals surface area contributed by atoms with Crippen molar-refractivity contribution in [3.8, 4) is 11.5 Å². The highest BCUT2D eigenvalue weighted by molar-refractivity contribution is 6.04. The van der Waals surface area contributed by atoms with Gasteiger partial charge in [-0.05, 0) is 63.4 Å². The molecule has 9 nitrogen and oxygen atoms in total. The van der Waals surface area contributed by atoms with Gasteiger partial charge in [-0.15, -0.1) is 0 Å². The van der Waals surface area contributed by atoms with Gasteiger partial charge < -0.3 is 29.5 Å². The number of nitrogens with zero attached hydrogens (tertiary/aromatic N) is 1. The van der Waals surface area contributed by atoms with E-state index in [2.05, 4.69) is 5.32 Å². The number of dihydropyridines is 1. The van der Waals surface area contributed by atoms with Crippen LogP contribution in [0.25, 0.3) is 0 Å². The van der Waals surface area contributed by atoms with Crippen LogP contribution in [0.5, 0.6) is 11.5 Å². The normalized spacial score (nSPS) is 20.8. The Labute approximate surface area is 273 Å². The van der Waals surface area contributed by atoms with Crippen molar-refractivity contribution in [2.24, 2.45) is 0 Å². The number of hydrogen-bond donors (Lipinski definition) is 2. The lowest BCUT2D eigenvalue weighted by Crippen LogP contribution is -2.38. The molecule has 0 aromatic heterocycles. The molecule has 5 rings (SSSR count). The number of esters is 1. The van der Waals surface area contributed by atoms with Gasteiger partial charge in [0.15, 0.2) is 5.78 Å². The van der Waals surface area contributed by atoms with E-state index in [4.69, 9.17) is 14.2 Å². The van der Waals surface area contributed by atoms with E-state index >= 15 is 0 Å². The summed E-state index contributed by atoms with van der Waals surface area (Å²) < 4.78 is 17.0. The van der Waals surface area contributed by atoms with E-state index in [1.165, 1.54) is 0 Å². The molecule has 2 heterocycles. The van der Waals surface area contributed by atoms with Crippen molar-refractivity contribution in [2.45, 2.75) is 98.2 Å². The molecule has 1 saturated heterocycles. The van der Waals surface area contributed by atoms with Gasteiger partial charge in [-0.3, -0.25) is 4.79 Å². The lowest BCUT2D eigenvalue weighted by molar-refractivity contribution is -0.144. The smallest absolute Gasteiger partial charge is 0.410 e. The fourth-order valence-electron chi connectivity index (χ4n) is 6.10. The first-order valence-electron chi connectivity index (χ1n) is 16.3. The molecule has 2 aromatic carbocycles. The van der Waals surface area contributed by atoms with Gasteiger partial charge >= 0.3 is 12.1 Å². The Morgan fingerprint density at radius 3 is 2.35 bits per heavy atom. The van der Waals surface area contributed by atoms with Crippen LogP contribution < -0.4 is 10.1 Å². The van der Waals surface area contributed by atoms with Crippen molar-refractivity contribution in [1.82, 2.24) is 10.2 Å². The molecule has 1 fully saturated rings. The van der Waals surface area contributed by atoms with Crippen LogP contribution in [0.3, 0.4) is 0 Å². The number of methoxy groups -OCH3 is 1. The number of likely N-dealkylation sites (tertiary alicyclic amines) is 1. The zero-order valence-corrected chi connectivity index (χ0v) is 28.7. The van der Waals surface area contributed by atoms with Gasteiger partial charge in [-0.1, -0.05) is 58.0 Å².